The number of aliphatic hydroxyl groups excluding tert-OH is 5. The quantitative estimate of drug-likeness (QED) is 0.235. The number of ether oxygens (including phenoxy) is 1. The molecule has 0 fully saturated rings. The van der Waals surface area contributed by atoms with Gasteiger partial charge in [0.15, 0.2) is 0 Å². The number of methoxy groups -OCH3 is 1. The number of carbonyl (C=O) groups excluding carboxylic acids is 1. The minimum atomic E-state index is -2.00. The van der Waals surface area contributed by atoms with E-state index >= 15 is 0 Å². The van der Waals surface area contributed by atoms with Crippen LogP contribution in [0.1, 0.15) is 6.42 Å². The molecule has 0 saturated carbocycles. The lowest BCUT2D eigenvalue weighted by Crippen LogP contribution is -2.50. The number of carboxylic acid groups (broad SMARTS) is 1. The Balaban J connectivity index is 4.49. The number of rotatable bonds is 9. The second-order valence-corrected chi connectivity index (χ2v) is 3.99. The van der Waals surface area contributed by atoms with Crippen LogP contribution in [0.25, 0.3) is 0 Å². The zero-order chi connectivity index (χ0) is 15.2. The van der Waals surface area contributed by atoms with E-state index in [1.54, 1.807) is 0 Å². The molecule has 112 valence electrons. The molecule has 0 aromatic carbocycles. The lowest BCUT2D eigenvalue weighted by atomic mass is 9.97. The van der Waals surface area contributed by atoms with Crippen LogP contribution >= 0.6 is 0 Å². The third-order valence-corrected chi connectivity index (χ3v) is 2.46. The van der Waals surface area contributed by atoms with Crippen molar-refractivity contribution in [1.82, 2.24) is 0 Å². The van der Waals surface area contributed by atoms with Crippen LogP contribution in [0.4, 0.5) is 0 Å². The van der Waals surface area contributed by atoms with Gasteiger partial charge in [0.2, 0.25) is 5.78 Å². The molecule has 0 aliphatic rings. The van der Waals surface area contributed by atoms with Crippen LogP contribution in [-0.4, -0.2) is 86.6 Å². The molecule has 0 amide bonds. The molecular formula is C10H18O9. The number of carboxylic acids is 1. The molecule has 0 heterocycles. The van der Waals surface area contributed by atoms with E-state index in [-0.39, 0.29) is 6.61 Å². The Labute approximate surface area is 108 Å². The van der Waals surface area contributed by atoms with E-state index in [0.717, 1.165) is 0 Å². The fourth-order valence-electron chi connectivity index (χ4n) is 1.32. The van der Waals surface area contributed by atoms with Gasteiger partial charge in [-0.2, -0.15) is 0 Å². The number of carbonyl (C=O) groups is 2. The van der Waals surface area contributed by atoms with Crippen molar-refractivity contribution in [1.29, 1.82) is 0 Å². The summed E-state index contributed by atoms with van der Waals surface area (Å²) in [7, 11) is 1.24. The van der Waals surface area contributed by atoms with Gasteiger partial charge in [-0.3, -0.25) is 4.79 Å². The van der Waals surface area contributed by atoms with E-state index < -0.39 is 48.7 Å². The van der Waals surface area contributed by atoms with Crippen molar-refractivity contribution >= 4 is 11.8 Å². The molecular weight excluding hydrogens is 264 g/mol. The monoisotopic (exact) mass is 282 g/mol. The van der Waals surface area contributed by atoms with Crippen LogP contribution in [0.3, 0.4) is 0 Å². The van der Waals surface area contributed by atoms with Crippen molar-refractivity contribution in [3.05, 3.63) is 0 Å². The van der Waals surface area contributed by atoms with E-state index in [1.807, 2.05) is 0 Å². The molecule has 0 aliphatic carbocycles. The molecule has 0 radical (unpaired) electrons. The van der Waals surface area contributed by atoms with Crippen LogP contribution in [0.5, 0.6) is 0 Å². The van der Waals surface area contributed by atoms with Crippen molar-refractivity contribution in [2.75, 3.05) is 13.7 Å². The summed E-state index contributed by atoms with van der Waals surface area (Å²) in [6.07, 6.45) is -10.1. The number of hydrogen-bond donors (Lipinski definition) is 6. The maximum atomic E-state index is 10.8. The highest BCUT2D eigenvalue weighted by Gasteiger charge is 2.35. The smallest absolute Gasteiger partial charge is 0.372 e. The number of hydrogen-bond acceptors (Lipinski definition) is 8. The number of ketones is 1. The molecule has 9 heteroatoms. The van der Waals surface area contributed by atoms with E-state index in [4.69, 9.17) is 5.11 Å². The Bertz CT molecular complexity index is 305. The number of Topliss-reactive ketones (excluding diaryl/α,β-unsaturated/α-hetero) is 1. The molecule has 6 N–H and O–H groups in total. The second kappa shape index (κ2) is 8.15. The zero-order valence-corrected chi connectivity index (χ0v) is 10.2. The van der Waals surface area contributed by atoms with Gasteiger partial charge in [0.25, 0.3) is 0 Å². The van der Waals surface area contributed by atoms with Gasteiger partial charge in [-0.05, 0) is 0 Å². The van der Waals surface area contributed by atoms with Crippen molar-refractivity contribution in [3.63, 3.8) is 0 Å². The van der Waals surface area contributed by atoms with Crippen molar-refractivity contribution in [2.24, 2.45) is 0 Å². The third-order valence-electron chi connectivity index (χ3n) is 2.46. The van der Waals surface area contributed by atoms with E-state index in [2.05, 4.69) is 4.74 Å². The summed E-state index contributed by atoms with van der Waals surface area (Å²) in [6, 6.07) is 0. The van der Waals surface area contributed by atoms with Crippen molar-refractivity contribution < 1.29 is 45.0 Å². The summed E-state index contributed by atoms with van der Waals surface area (Å²) >= 11 is 0. The van der Waals surface area contributed by atoms with Gasteiger partial charge in [0, 0.05) is 13.5 Å². The Morgan fingerprint density at radius 1 is 0.947 bits per heavy atom. The average Bonchev–Trinajstić information content (AvgIpc) is 2.35. The molecule has 0 saturated heterocycles. The van der Waals surface area contributed by atoms with Gasteiger partial charge in [0.1, 0.15) is 24.4 Å². The highest BCUT2D eigenvalue weighted by atomic mass is 16.5. The Morgan fingerprint density at radius 3 is 1.84 bits per heavy atom. The predicted octanol–water partition coefficient (Wildman–Crippen LogP) is -3.52. The SMILES string of the molecule is COCC(O)C(O)C(O)C(O)C(O)CC(=O)C(=O)O. The molecule has 0 spiro atoms. The summed E-state index contributed by atoms with van der Waals surface area (Å²) in [6.45, 7) is -0.324. The molecule has 0 aromatic heterocycles. The molecule has 19 heavy (non-hydrogen) atoms. The Kier molecular flexibility index (Phi) is 7.68. The van der Waals surface area contributed by atoms with Crippen LogP contribution in [-0.2, 0) is 14.3 Å². The fraction of sp³-hybridized carbons (Fsp3) is 0.800. The zero-order valence-electron chi connectivity index (χ0n) is 10.2. The summed E-state index contributed by atoms with van der Waals surface area (Å²) in [4.78, 5) is 21.0. The number of aliphatic carboxylic acids is 1. The topological polar surface area (TPSA) is 165 Å². The molecule has 0 rings (SSSR count). The first-order valence-electron chi connectivity index (χ1n) is 5.37. The maximum Gasteiger partial charge on any atom is 0.372 e. The van der Waals surface area contributed by atoms with Crippen LogP contribution in [0.2, 0.25) is 0 Å². The standard InChI is InChI=1S/C10H18O9/c1-19-3-6(13)8(15)9(16)7(14)4(11)2-5(12)10(17)18/h4,6-9,11,13-16H,2-3H2,1H3,(H,17,18). The van der Waals surface area contributed by atoms with Gasteiger partial charge >= 0.3 is 5.97 Å². The van der Waals surface area contributed by atoms with Gasteiger partial charge in [0.05, 0.1) is 12.7 Å². The predicted molar refractivity (Wildman–Crippen MR) is 59.2 cm³/mol. The summed E-state index contributed by atoms with van der Waals surface area (Å²) in [5, 5.41) is 55.3. The normalized spacial score (nSPS) is 19.3. The van der Waals surface area contributed by atoms with Crippen molar-refractivity contribution in [3.8, 4) is 0 Å². The summed E-state index contributed by atoms with van der Waals surface area (Å²) in [5.74, 6) is -3.15. The van der Waals surface area contributed by atoms with Gasteiger partial charge in [-0.25, -0.2) is 4.79 Å². The second-order valence-electron chi connectivity index (χ2n) is 3.99. The third kappa shape index (κ3) is 5.59. The number of aliphatic hydroxyl groups is 5. The highest BCUT2D eigenvalue weighted by molar-refractivity contribution is 6.32. The molecule has 5 atom stereocenters. The van der Waals surface area contributed by atoms with Gasteiger partial charge in [-0.15, -0.1) is 0 Å². The average molecular weight is 282 g/mol. The largest absolute Gasteiger partial charge is 0.475 e. The highest BCUT2D eigenvalue weighted by Crippen LogP contribution is 2.11. The van der Waals surface area contributed by atoms with E-state index in [0.29, 0.717) is 0 Å². The van der Waals surface area contributed by atoms with E-state index in [9.17, 15) is 35.1 Å². The molecule has 0 bridgehead atoms. The molecule has 0 aliphatic heterocycles. The summed E-state index contributed by atoms with van der Waals surface area (Å²) < 4.78 is 4.51. The lowest BCUT2D eigenvalue weighted by molar-refractivity contribution is -0.156. The van der Waals surface area contributed by atoms with Crippen LogP contribution in [0.15, 0.2) is 0 Å². The first-order chi connectivity index (χ1) is 8.72. The van der Waals surface area contributed by atoms with Crippen LogP contribution < -0.4 is 0 Å². The maximum absolute atomic E-state index is 10.8. The molecule has 9 nitrogen and oxygen atoms in total. The Morgan fingerprint density at radius 2 is 1.42 bits per heavy atom. The van der Waals surface area contributed by atoms with Gasteiger partial charge < -0.3 is 35.4 Å². The first-order valence-corrected chi connectivity index (χ1v) is 5.37. The lowest BCUT2D eigenvalue weighted by Gasteiger charge is -2.28. The fourth-order valence-corrected chi connectivity index (χ4v) is 1.32. The Hall–Kier alpha value is -1.10. The van der Waals surface area contributed by atoms with Crippen molar-refractivity contribution in [2.45, 2.75) is 36.9 Å². The summed E-state index contributed by atoms with van der Waals surface area (Å²) in [5.41, 5.74) is 0. The van der Waals surface area contributed by atoms with Gasteiger partial charge in [-0.1, -0.05) is 0 Å². The minimum absolute atomic E-state index is 0.324. The molecule has 0 aromatic rings. The van der Waals surface area contributed by atoms with E-state index in [1.165, 1.54) is 7.11 Å². The minimum Gasteiger partial charge on any atom is -0.475 e. The molecule has 5 unspecified atom stereocenters. The first kappa shape index (κ1) is 17.9. The van der Waals surface area contributed by atoms with Crippen LogP contribution in [0, 0.1) is 0 Å².